The number of carbonyl (C=O) groups excluding carboxylic acids is 1. The van der Waals surface area contributed by atoms with Crippen molar-refractivity contribution in [2.75, 3.05) is 4.90 Å². The molecule has 5 heteroatoms. The van der Waals surface area contributed by atoms with Gasteiger partial charge in [0.05, 0.1) is 10.6 Å². The molecule has 3 rings (SSSR count). The van der Waals surface area contributed by atoms with E-state index in [2.05, 4.69) is 0 Å². The summed E-state index contributed by atoms with van der Waals surface area (Å²) in [4.78, 5) is 14.4. The van der Waals surface area contributed by atoms with Crippen LogP contribution < -0.4 is 4.90 Å². The van der Waals surface area contributed by atoms with Gasteiger partial charge in [0.25, 0.3) is 5.91 Å². The Kier molecular flexibility index (Phi) is 4.60. The molecule has 0 saturated carbocycles. The summed E-state index contributed by atoms with van der Waals surface area (Å²) in [5.74, 6) is -0.191. The van der Waals surface area contributed by atoms with Gasteiger partial charge in [0.15, 0.2) is 4.32 Å². The van der Waals surface area contributed by atoms with E-state index in [0.717, 1.165) is 5.56 Å². The van der Waals surface area contributed by atoms with Gasteiger partial charge in [0.2, 0.25) is 0 Å². The number of phenols is 1. The second-order valence-electron chi connectivity index (χ2n) is 4.80. The van der Waals surface area contributed by atoms with Crippen molar-refractivity contribution >= 4 is 46.0 Å². The summed E-state index contributed by atoms with van der Waals surface area (Å²) < 4.78 is 0.413. The second-order valence-corrected chi connectivity index (χ2v) is 6.47. The number of nitrogens with zero attached hydrogens (tertiary/aromatic N) is 1. The van der Waals surface area contributed by atoms with Crippen LogP contribution in [0.1, 0.15) is 5.56 Å². The molecule has 0 bridgehead atoms. The zero-order valence-electron chi connectivity index (χ0n) is 12.0. The number of anilines is 1. The summed E-state index contributed by atoms with van der Waals surface area (Å²) in [6.07, 6.45) is 5.49. The van der Waals surface area contributed by atoms with Gasteiger partial charge < -0.3 is 5.11 Å². The predicted molar refractivity (Wildman–Crippen MR) is 99.3 cm³/mol. The van der Waals surface area contributed by atoms with E-state index in [9.17, 15) is 9.90 Å². The van der Waals surface area contributed by atoms with Gasteiger partial charge in [-0.05, 0) is 23.8 Å². The highest BCUT2D eigenvalue weighted by Gasteiger charge is 2.34. The van der Waals surface area contributed by atoms with Crippen LogP contribution in [-0.4, -0.2) is 15.3 Å². The Morgan fingerprint density at radius 1 is 1.04 bits per heavy atom. The smallest absolute Gasteiger partial charge is 0.270 e. The minimum atomic E-state index is -0.223. The molecule has 23 heavy (non-hydrogen) atoms. The molecule has 0 aromatic heterocycles. The number of thioether (sulfide) groups is 1. The zero-order chi connectivity index (χ0) is 16.2. The topological polar surface area (TPSA) is 40.5 Å². The summed E-state index contributed by atoms with van der Waals surface area (Å²) in [6.45, 7) is 0. The van der Waals surface area contributed by atoms with Crippen LogP contribution in [0.2, 0.25) is 0 Å². The maximum absolute atomic E-state index is 12.5. The van der Waals surface area contributed by atoms with Gasteiger partial charge in [0, 0.05) is 0 Å². The van der Waals surface area contributed by atoms with Crippen molar-refractivity contribution in [1.29, 1.82) is 0 Å². The van der Waals surface area contributed by atoms with Gasteiger partial charge in [-0.1, -0.05) is 78.6 Å². The molecule has 0 unspecified atom stereocenters. The molecule has 3 nitrogen and oxygen atoms in total. The average Bonchev–Trinajstić information content (AvgIpc) is 2.83. The predicted octanol–water partition coefficient (Wildman–Crippen LogP) is 4.35. The van der Waals surface area contributed by atoms with Crippen LogP contribution in [0.25, 0.3) is 6.08 Å². The summed E-state index contributed by atoms with van der Waals surface area (Å²) in [5.41, 5.74) is 1.46. The van der Waals surface area contributed by atoms with Crippen molar-refractivity contribution < 1.29 is 9.90 Å². The number of para-hydroxylation sites is 2. The lowest BCUT2D eigenvalue weighted by atomic mass is 10.2. The number of benzene rings is 2. The molecule has 1 amide bonds. The summed E-state index contributed by atoms with van der Waals surface area (Å²) >= 11 is 6.50. The van der Waals surface area contributed by atoms with Crippen LogP contribution in [-0.2, 0) is 4.79 Å². The van der Waals surface area contributed by atoms with E-state index < -0.39 is 0 Å². The molecule has 1 N–H and O–H groups in total. The lowest BCUT2D eigenvalue weighted by molar-refractivity contribution is -0.113. The third-order valence-corrected chi connectivity index (χ3v) is 4.57. The van der Waals surface area contributed by atoms with E-state index in [1.165, 1.54) is 22.7 Å². The Morgan fingerprint density at radius 3 is 2.48 bits per heavy atom. The van der Waals surface area contributed by atoms with E-state index in [1.54, 1.807) is 24.3 Å². The van der Waals surface area contributed by atoms with Crippen molar-refractivity contribution in [1.82, 2.24) is 0 Å². The fourth-order valence-electron chi connectivity index (χ4n) is 2.15. The average molecular weight is 339 g/mol. The minimum absolute atomic E-state index is 0.0323. The molecular formula is C18H13NO2S2. The Labute approximate surface area is 143 Å². The number of aromatic hydroxyl groups is 1. The molecule has 114 valence electrons. The third-order valence-electron chi connectivity index (χ3n) is 3.25. The number of amides is 1. The quantitative estimate of drug-likeness (QED) is 0.666. The van der Waals surface area contributed by atoms with Crippen molar-refractivity contribution in [3.63, 3.8) is 0 Å². The van der Waals surface area contributed by atoms with E-state index in [0.29, 0.717) is 14.9 Å². The molecule has 1 fully saturated rings. The first kappa shape index (κ1) is 15.5. The Hall–Kier alpha value is -2.37. The maximum atomic E-state index is 12.5. The number of thiocarbonyl (C=S) groups is 1. The fraction of sp³-hybridized carbons (Fsp3) is 0. The van der Waals surface area contributed by atoms with Crippen LogP contribution in [0, 0.1) is 0 Å². The Balaban J connectivity index is 1.83. The van der Waals surface area contributed by atoms with Crippen molar-refractivity contribution in [3.8, 4) is 5.75 Å². The molecule has 1 saturated heterocycles. The van der Waals surface area contributed by atoms with Gasteiger partial charge >= 0.3 is 0 Å². The zero-order valence-corrected chi connectivity index (χ0v) is 13.7. The van der Waals surface area contributed by atoms with Crippen molar-refractivity contribution in [2.45, 2.75) is 0 Å². The minimum Gasteiger partial charge on any atom is -0.506 e. The lowest BCUT2D eigenvalue weighted by Gasteiger charge is -2.15. The first-order chi connectivity index (χ1) is 11.2. The maximum Gasteiger partial charge on any atom is 0.270 e. The van der Waals surface area contributed by atoms with E-state index in [1.807, 2.05) is 42.5 Å². The van der Waals surface area contributed by atoms with Gasteiger partial charge in [-0.3, -0.25) is 9.69 Å². The van der Waals surface area contributed by atoms with Gasteiger partial charge in [-0.25, -0.2) is 0 Å². The largest absolute Gasteiger partial charge is 0.506 e. The van der Waals surface area contributed by atoms with Crippen LogP contribution in [0.4, 0.5) is 5.69 Å². The molecule has 0 atom stereocenters. The lowest BCUT2D eigenvalue weighted by Crippen LogP contribution is -2.27. The van der Waals surface area contributed by atoms with Crippen LogP contribution in [0.15, 0.2) is 71.7 Å². The highest BCUT2D eigenvalue weighted by Crippen LogP contribution is 2.38. The van der Waals surface area contributed by atoms with E-state index in [4.69, 9.17) is 12.2 Å². The number of hydrogen-bond acceptors (Lipinski definition) is 4. The Morgan fingerprint density at radius 2 is 1.74 bits per heavy atom. The van der Waals surface area contributed by atoms with Crippen molar-refractivity contribution in [3.05, 3.63) is 77.2 Å². The van der Waals surface area contributed by atoms with Crippen LogP contribution in [0.5, 0.6) is 5.75 Å². The van der Waals surface area contributed by atoms with Crippen molar-refractivity contribution in [2.24, 2.45) is 0 Å². The van der Waals surface area contributed by atoms with E-state index >= 15 is 0 Å². The molecule has 0 aliphatic carbocycles. The standard InChI is InChI=1S/C18H13NO2S2/c20-15-11-5-4-10-14(15)19-17(21)16(23-18(19)22)12-6-9-13-7-2-1-3-8-13/h1-12,20H/b9-6+,16-12-. The monoisotopic (exact) mass is 339 g/mol. The van der Waals surface area contributed by atoms with Crippen LogP contribution >= 0.6 is 24.0 Å². The third kappa shape index (κ3) is 3.36. The highest BCUT2D eigenvalue weighted by molar-refractivity contribution is 8.27. The van der Waals surface area contributed by atoms with Gasteiger partial charge in [-0.2, -0.15) is 0 Å². The van der Waals surface area contributed by atoms with Gasteiger partial charge in [0.1, 0.15) is 5.75 Å². The molecule has 2 aromatic carbocycles. The highest BCUT2D eigenvalue weighted by atomic mass is 32.2. The van der Waals surface area contributed by atoms with Crippen LogP contribution in [0.3, 0.4) is 0 Å². The molecule has 1 heterocycles. The number of allylic oxidation sites excluding steroid dienone is 2. The Bertz CT molecular complexity index is 813. The molecule has 1 aliphatic heterocycles. The first-order valence-electron chi connectivity index (χ1n) is 6.94. The fourth-order valence-corrected chi connectivity index (χ4v) is 3.39. The van der Waals surface area contributed by atoms with E-state index in [-0.39, 0.29) is 11.7 Å². The number of hydrogen-bond donors (Lipinski definition) is 1. The second kappa shape index (κ2) is 6.81. The molecule has 0 spiro atoms. The molecule has 2 aromatic rings. The number of rotatable bonds is 3. The molecule has 0 radical (unpaired) electrons. The summed E-state index contributed by atoms with van der Waals surface area (Å²) in [7, 11) is 0. The summed E-state index contributed by atoms with van der Waals surface area (Å²) in [5, 5.41) is 9.92. The van der Waals surface area contributed by atoms with Gasteiger partial charge in [-0.15, -0.1) is 0 Å². The SMILES string of the molecule is O=C1/C(=C/C=C/c2ccccc2)SC(=S)N1c1ccccc1O. The molecule has 1 aliphatic rings. The first-order valence-corrected chi connectivity index (χ1v) is 8.17. The summed E-state index contributed by atoms with van der Waals surface area (Å²) in [6, 6.07) is 16.5. The number of carbonyl (C=O) groups is 1. The number of phenolic OH excluding ortho intramolecular Hbond substituents is 1. The molecular weight excluding hydrogens is 326 g/mol. The normalized spacial score (nSPS) is 16.7.